The molecule has 2 saturated heterocycles. The number of nitrogens with zero attached hydrogens (tertiary/aromatic N) is 4. The molecule has 0 radical (unpaired) electrons. The van der Waals surface area contributed by atoms with E-state index in [2.05, 4.69) is 66.3 Å². The molecule has 4 rings (SSSR count). The lowest BCUT2D eigenvalue weighted by molar-refractivity contribution is 0.00983. The number of hydrogen-bond donors (Lipinski definition) is 2. The molecule has 0 spiro atoms. The zero-order valence-electron chi connectivity index (χ0n) is 38.2. The molecule has 2 aliphatic rings. The van der Waals surface area contributed by atoms with Crippen molar-refractivity contribution in [1.82, 2.24) is 20.4 Å². The second kappa shape index (κ2) is 21.1. The molecule has 0 saturated carbocycles. The Morgan fingerprint density at radius 1 is 0.678 bits per heavy atom. The van der Waals surface area contributed by atoms with Crippen molar-refractivity contribution in [1.29, 1.82) is 0 Å². The van der Waals surface area contributed by atoms with E-state index in [1.807, 2.05) is 91.8 Å². The first-order valence-corrected chi connectivity index (χ1v) is 21.8. The number of carbonyl (C=O) groups is 2. The fourth-order valence-electron chi connectivity index (χ4n) is 6.78. The molecule has 12 heteroatoms. The molecule has 2 N–H and O–H groups in total. The maximum Gasteiger partial charge on any atom is 0.408 e. The summed E-state index contributed by atoms with van der Waals surface area (Å²) in [6, 6.07) is 20.2. The maximum atomic E-state index is 13.2. The van der Waals surface area contributed by atoms with Crippen molar-refractivity contribution in [3.8, 4) is 0 Å². The van der Waals surface area contributed by atoms with Gasteiger partial charge in [-0.15, -0.1) is 0 Å². The van der Waals surface area contributed by atoms with Gasteiger partial charge < -0.3 is 29.6 Å². The van der Waals surface area contributed by atoms with Crippen molar-refractivity contribution < 1.29 is 28.5 Å². The lowest BCUT2D eigenvalue weighted by Gasteiger charge is -2.30. The molecule has 2 aromatic rings. The van der Waals surface area contributed by atoms with E-state index in [1.165, 1.54) is 0 Å². The number of unbranched alkanes of at least 4 members (excludes halogenated alkanes) is 2. The highest BCUT2D eigenvalue weighted by Crippen LogP contribution is 2.32. The second-order valence-corrected chi connectivity index (χ2v) is 18.6. The number of benzene rings is 2. The van der Waals surface area contributed by atoms with Crippen LogP contribution in [0.25, 0.3) is 0 Å². The fraction of sp³-hybridized carbons (Fsp3) is 0.681. The standard InChI is InChI=1S/C47H74N6O6/c1-13-15-23-56-31-40(29-52-27-34(52)3)58-42(54)50-46(9,10)38-21-17-19-36(25-38)44(5,6)48-33-49-45(7,8)37-20-18-22-39(26-37)47(11,12)51-43(55)59-41(30-53-28-35(53)4)32-57-24-16-14-2/h17-22,25-26,34-35,40-41H,13-16,23-24,27-32H2,1-12H3,(H,50,54)(H,51,55). The van der Waals surface area contributed by atoms with Gasteiger partial charge in [-0.1, -0.05) is 75.2 Å². The van der Waals surface area contributed by atoms with E-state index in [0.29, 0.717) is 51.6 Å². The van der Waals surface area contributed by atoms with Gasteiger partial charge in [0.2, 0.25) is 0 Å². The second-order valence-electron chi connectivity index (χ2n) is 18.6. The van der Waals surface area contributed by atoms with Crippen LogP contribution in [0.15, 0.2) is 58.5 Å². The minimum absolute atomic E-state index is 0.344. The minimum atomic E-state index is -0.716. The third-order valence-electron chi connectivity index (χ3n) is 11.4. The highest BCUT2D eigenvalue weighted by molar-refractivity contribution is 5.69. The van der Waals surface area contributed by atoms with Crippen molar-refractivity contribution >= 4 is 18.2 Å². The summed E-state index contributed by atoms with van der Waals surface area (Å²) in [5.74, 6) is 0. The molecule has 12 nitrogen and oxygen atoms in total. The van der Waals surface area contributed by atoms with Crippen LogP contribution in [0.4, 0.5) is 9.59 Å². The molecule has 2 aliphatic heterocycles. The van der Waals surface area contributed by atoms with Gasteiger partial charge in [0.15, 0.2) is 0 Å². The minimum Gasteiger partial charge on any atom is -0.442 e. The van der Waals surface area contributed by atoms with Crippen molar-refractivity contribution in [2.45, 2.75) is 155 Å². The Labute approximate surface area is 354 Å². The van der Waals surface area contributed by atoms with Crippen LogP contribution >= 0.6 is 0 Å². The number of hydrogen-bond acceptors (Lipinski definition) is 10. The summed E-state index contributed by atoms with van der Waals surface area (Å²) in [6.07, 6.45) is 2.44. The van der Waals surface area contributed by atoms with Crippen LogP contribution in [-0.4, -0.2) is 105 Å². The molecule has 6 unspecified atom stereocenters. The summed E-state index contributed by atoms with van der Waals surface area (Å²) >= 11 is 0. The highest BCUT2D eigenvalue weighted by atomic mass is 16.6. The number of ether oxygens (including phenoxy) is 4. The Balaban J connectivity index is 1.39. The average molecular weight is 819 g/mol. The lowest BCUT2D eigenvalue weighted by Crippen LogP contribution is -2.44. The van der Waals surface area contributed by atoms with E-state index in [1.54, 1.807) is 0 Å². The molecule has 2 aromatic carbocycles. The summed E-state index contributed by atoms with van der Waals surface area (Å²) in [5, 5.41) is 6.17. The largest absolute Gasteiger partial charge is 0.442 e. The average Bonchev–Trinajstić information content (AvgIpc) is 4.07. The SMILES string of the molecule is CCCCOCC(CN1CC1C)OC(=O)NC(C)(C)c1cccc(C(C)(C)N=C=NC(C)(C)c2cccc(C(C)(C)NC(=O)OC(COCCCC)CN3CC3C)c2)c1. The van der Waals surface area contributed by atoms with Gasteiger partial charge in [-0.25, -0.2) is 19.6 Å². The molecular formula is C47H74N6O6. The monoisotopic (exact) mass is 819 g/mol. The van der Waals surface area contributed by atoms with E-state index in [9.17, 15) is 9.59 Å². The van der Waals surface area contributed by atoms with E-state index >= 15 is 0 Å². The van der Waals surface area contributed by atoms with Crippen molar-refractivity contribution in [3.05, 3.63) is 70.8 Å². The van der Waals surface area contributed by atoms with Crippen LogP contribution in [0.5, 0.6) is 0 Å². The van der Waals surface area contributed by atoms with Gasteiger partial charge in [-0.3, -0.25) is 9.80 Å². The van der Waals surface area contributed by atoms with Crippen molar-refractivity contribution in [2.24, 2.45) is 9.98 Å². The zero-order chi connectivity index (χ0) is 43.4. The van der Waals surface area contributed by atoms with Crippen molar-refractivity contribution in [3.63, 3.8) is 0 Å². The normalized spacial score (nSPS) is 20.1. The first kappa shape index (κ1) is 47.9. The molecule has 328 valence electrons. The Morgan fingerprint density at radius 3 is 1.37 bits per heavy atom. The van der Waals surface area contributed by atoms with E-state index in [-0.39, 0.29) is 12.2 Å². The zero-order valence-corrected chi connectivity index (χ0v) is 38.2. The van der Waals surface area contributed by atoms with Crippen LogP contribution in [0.2, 0.25) is 0 Å². The molecule has 2 amide bonds. The summed E-state index contributed by atoms with van der Waals surface area (Å²) in [4.78, 5) is 40.6. The summed E-state index contributed by atoms with van der Waals surface area (Å²) < 4.78 is 23.5. The molecule has 2 fully saturated rings. The predicted molar refractivity (Wildman–Crippen MR) is 235 cm³/mol. The smallest absolute Gasteiger partial charge is 0.408 e. The van der Waals surface area contributed by atoms with E-state index < -0.39 is 34.3 Å². The van der Waals surface area contributed by atoms with Gasteiger partial charge in [0.1, 0.15) is 12.2 Å². The molecular weight excluding hydrogens is 745 g/mol. The van der Waals surface area contributed by atoms with Crippen LogP contribution in [0.1, 0.15) is 131 Å². The highest BCUT2D eigenvalue weighted by Gasteiger charge is 2.35. The van der Waals surface area contributed by atoms with Crippen LogP contribution < -0.4 is 10.6 Å². The number of amides is 2. The van der Waals surface area contributed by atoms with Gasteiger partial charge in [0.25, 0.3) is 0 Å². The summed E-state index contributed by atoms with van der Waals surface area (Å²) in [6.45, 7) is 29.9. The molecule has 0 aliphatic carbocycles. The van der Waals surface area contributed by atoms with Gasteiger partial charge >= 0.3 is 12.2 Å². The fourth-order valence-corrected chi connectivity index (χ4v) is 6.78. The summed E-state index contributed by atoms with van der Waals surface area (Å²) in [7, 11) is 0. The quantitative estimate of drug-likeness (QED) is 0.0613. The Morgan fingerprint density at radius 2 is 1.03 bits per heavy atom. The number of nitrogens with one attached hydrogen (secondary N) is 2. The Hall–Kier alpha value is -3.80. The molecule has 2 heterocycles. The van der Waals surface area contributed by atoms with Gasteiger partial charge in [0.05, 0.1) is 41.4 Å². The number of aliphatic imine (C=N–C) groups is 2. The summed E-state index contributed by atoms with van der Waals surface area (Å²) in [5.41, 5.74) is 0.997. The lowest BCUT2D eigenvalue weighted by atomic mass is 9.87. The molecule has 6 atom stereocenters. The number of carbonyl (C=O) groups excluding carboxylic acids is 2. The van der Waals surface area contributed by atoms with Crippen molar-refractivity contribution in [2.75, 3.05) is 52.6 Å². The van der Waals surface area contributed by atoms with E-state index in [0.717, 1.165) is 61.0 Å². The molecule has 0 bridgehead atoms. The van der Waals surface area contributed by atoms with Crippen LogP contribution in [-0.2, 0) is 41.1 Å². The molecule has 59 heavy (non-hydrogen) atoms. The maximum absolute atomic E-state index is 13.2. The third-order valence-corrected chi connectivity index (χ3v) is 11.4. The van der Waals surface area contributed by atoms with Crippen LogP contribution in [0, 0.1) is 0 Å². The molecule has 0 aromatic heterocycles. The Kier molecular flexibility index (Phi) is 17.1. The topological polar surface area (TPSA) is 126 Å². The predicted octanol–water partition coefficient (Wildman–Crippen LogP) is 8.73. The first-order valence-electron chi connectivity index (χ1n) is 21.8. The van der Waals surface area contributed by atoms with Crippen LogP contribution in [0.3, 0.4) is 0 Å². The first-order chi connectivity index (χ1) is 27.8. The van der Waals surface area contributed by atoms with Gasteiger partial charge in [-0.05, 0) is 104 Å². The van der Waals surface area contributed by atoms with Gasteiger partial charge in [0, 0.05) is 51.5 Å². The van der Waals surface area contributed by atoms with E-state index in [4.69, 9.17) is 28.9 Å². The van der Waals surface area contributed by atoms with Gasteiger partial charge in [-0.2, -0.15) is 0 Å². The number of alkyl carbamates (subject to hydrolysis) is 2. The number of rotatable bonds is 24. The Bertz CT molecular complexity index is 1620. The third kappa shape index (κ3) is 15.3.